The molecular weight excluding hydrogens is 637 g/mol. The molecule has 2 aliphatic rings. The summed E-state index contributed by atoms with van der Waals surface area (Å²) in [5.41, 5.74) is -2.30. The number of benzene rings is 2. The molecule has 0 spiro atoms. The number of nitrogens with zero attached hydrogens (tertiary/aromatic N) is 3. The lowest BCUT2D eigenvalue weighted by Gasteiger charge is -2.36. The van der Waals surface area contributed by atoms with Crippen LogP contribution in [0.2, 0.25) is 0 Å². The van der Waals surface area contributed by atoms with Crippen molar-refractivity contribution < 1.29 is 44.3 Å². The number of sulfonamides is 1. The summed E-state index contributed by atoms with van der Waals surface area (Å²) in [6.07, 6.45) is -4.54. The zero-order valence-electron chi connectivity index (χ0n) is 24.8. The molecule has 0 aromatic heterocycles. The van der Waals surface area contributed by atoms with Crippen molar-refractivity contribution in [2.24, 2.45) is 0 Å². The van der Waals surface area contributed by atoms with Crippen LogP contribution in [0, 0.1) is 11.3 Å². The first kappa shape index (κ1) is 34.2. The molecule has 2 amide bonds. The molecule has 0 saturated carbocycles. The van der Waals surface area contributed by atoms with Crippen molar-refractivity contribution in [2.75, 3.05) is 19.6 Å². The molecule has 2 aromatic carbocycles. The van der Waals surface area contributed by atoms with Crippen LogP contribution in [0.4, 0.5) is 18.0 Å². The molecule has 16 heteroatoms. The Kier molecular flexibility index (Phi) is 9.58. The van der Waals surface area contributed by atoms with Crippen LogP contribution in [-0.4, -0.2) is 76.0 Å². The number of likely N-dealkylation sites (tertiary alicyclic amines) is 2. The smallest absolute Gasteiger partial charge is 0.417 e. The highest BCUT2D eigenvalue weighted by atomic mass is 32.2. The molecule has 4 rings (SSSR count). The van der Waals surface area contributed by atoms with Gasteiger partial charge < -0.3 is 9.64 Å². The number of nitriles is 1. The van der Waals surface area contributed by atoms with Crippen molar-refractivity contribution in [1.82, 2.24) is 14.5 Å². The molecule has 2 aliphatic heterocycles. The first-order chi connectivity index (χ1) is 20.8. The highest BCUT2D eigenvalue weighted by Crippen LogP contribution is 2.37. The van der Waals surface area contributed by atoms with Gasteiger partial charge in [-0.05, 0) is 82.9 Å². The minimum absolute atomic E-state index is 0.00667. The highest BCUT2D eigenvalue weighted by Gasteiger charge is 2.41. The van der Waals surface area contributed by atoms with Crippen LogP contribution in [0.15, 0.2) is 57.2 Å². The zero-order valence-corrected chi connectivity index (χ0v) is 26.4. The Bertz CT molecular complexity index is 1720. The minimum Gasteiger partial charge on any atom is -0.444 e. The second kappa shape index (κ2) is 12.6. The van der Waals surface area contributed by atoms with Crippen LogP contribution >= 0.6 is 0 Å². The highest BCUT2D eigenvalue weighted by molar-refractivity contribution is 7.91. The van der Waals surface area contributed by atoms with Gasteiger partial charge in [0.2, 0.25) is 25.8 Å². The third-order valence-electron chi connectivity index (χ3n) is 7.43. The number of carbonyl (C=O) groups excluding carboxylic acids is 2. The number of hydrogen-bond acceptors (Lipinski definition) is 8. The van der Waals surface area contributed by atoms with Gasteiger partial charge in [-0.2, -0.15) is 18.4 Å². The summed E-state index contributed by atoms with van der Waals surface area (Å²) in [4.78, 5) is 26.4. The molecule has 2 fully saturated rings. The van der Waals surface area contributed by atoms with Gasteiger partial charge >= 0.3 is 12.3 Å². The Morgan fingerprint density at radius 2 is 1.60 bits per heavy atom. The number of halogens is 3. The lowest BCUT2D eigenvalue weighted by atomic mass is 10.0. The molecule has 244 valence electrons. The molecule has 0 radical (unpaired) electrons. The maximum Gasteiger partial charge on any atom is 0.417 e. The average molecular weight is 671 g/mol. The summed E-state index contributed by atoms with van der Waals surface area (Å²) in [6.45, 7) is 5.66. The second-order valence-electron chi connectivity index (χ2n) is 11.9. The first-order valence-electron chi connectivity index (χ1n) is 14.1. The Morgan fingerprint density at radius 3 is 2.20 bits per heavy atom. The molecule has 0 aliphatic carbocycles. The quantitative estimate of drug-likeness (QED) is 0.483. The van der Waals surface area contributed by atoms with Crippen molar-refractivity contribution in [3.63, 3.8) is 0 Å². The van der Waals surface area contributed by atoms with Crippen LogP contribution < -0.4 is 4.72 Å². The summed E-state index contributed by atoms with van der Waals surface area (Å²) >= 11 is 0. The Hall–Kier alpha value is -3.68. The van der Waals surface area contributed by atoms with E-state index in [1.807, 2.05) is 0 Å². The largest absolute Gasteiger partial charge is 0.444 e. The van der Waals surface area contributed by atoms with E-state index in [0.717, 1.165) is 12.1 Å². The van der Waals surface area contributed by atoms with E-state index in [4.69, 9.17) is 10.00 Å². The van der Waals surface area contributed by atoms with Gasteiger partial charge in [-0.1, -0.05) is 6.07 Å². The molecule has 11 nitrogen and oxygen atoms in total. The summed E-state index contributed by atoms with van der Waals surface area (Å²) in [6, 6.07) is 6.53. The SMILES string of the molecule is CC(C)(C)OC(=O)N1CCC[C@H]1C(=O)N1CCC(NS(=O)(=O)c2cc(S(=O)(=O)c3cccc(C#N)c3)ccc2C(F)(F)F)CC1. The zero-order chi connectivity index (χ0) is 33.4. The third kappa shape index (κ3) is 7.77. The van der Waals surface area contributed by atoms with E-state index >= 15 is 0 Å². The van der Waals surface area contributed by atoms with Crippen LogP contribution in [0.5, 0.6) is 0 Å². The van der Waals surface area contributed by atoms with Gasteiger partial charge in [0, 0.05) is 25.7 Å². The maximum atomic E-state index is 13.9. The van der Waals surface area contributed by atoms with Gasteiger partial charge in [-0.15, -0.1) is 0 Å². The van der Waals surface area contributed by atoms with Crippen LogP contribution in [-0.2, 0) is 35.6 Å². The Morgan fingerprint density at radius 1 is 0.956 bits per heavy atom. The number of sulfone groups is 1. The number of hydrogen-bond donors (Lipinski definition) is 1. The molecule has 2 heterocycles. The number of amides is 2. The van der Waals surface area contributed by atoms with Crippen molar-refractivity contribution >= 4 is 31.9 Å². The summed E-state index contributed by atoms with van der Waals surface area (Å²) in [5, 5.41) is 9.10. The molecule has 45 heavy (non-hydrogen) atoms. The fraction of sp³-hybridized carbons (Fsp3) is 0.483. The molecule has 1 N–H and O–H groups in total. The number of alkyl halides is 3. The van der Waals surface area contributed by atoms with Crippen LogP contribution in [0.1, 0.15) is 57.6 Å². The molecule has 2 aromatic rings. The molecular formula is C29H33F3N4O7S2. The van der Waals surface area contributed by atoms with E-state index in [-0.39, 0.29) is 42.3 Å². The monoisotopic (exact) mass is 670 g/mol. The molecule has 2 saturated heterocycles. The predicted octanol–water partition coefficient (Wildman–Crippen LogP) is 4.08. The van der Waals surface area contributed by atoms with Crippen LogP contribution in [0.25, 0.3) is 0 Å². The Balaban J connectivity index is 1.51. The fourth-order valence-corrected chi connectivity index (χ4v) is 8.23. The van der Waals surface area contributed by atoms with Gasteiger partial charge in [0.05, 0.1) is 31.9 Å². The van der Waals surface area contributed by atoms with Gasteiger partial charge in [0.25, 0.3) is 0 Å². The molecule has 0 bridgehead atoms. The second-order valence-corrected chi connectivity index (χ2v) is 15.5. The van der Waals surface area contributed by atoms with Crippen molar-refractivity contribution in [1.29, 1.82) is 5.26 Å². The standard InChI is InChI=1S/C29H33F3N4O7S2/c1-28(2,3)43-27(38)36-13-5-8-24(36)26(37)35-14-11-20(12-15-35)34-45(41,42)25-17-22(9-10-23(25)29(30,31)32)44(39,40)21-7-4-6-19(16-21)18-33/h4,6-7,9-10,16-17,20,24,34H,5,8,11-15H2,1-3H3/t24-/m0/s1. The minimum atomic E-state index is -5.12. The van der Waals surface area contributed by atoms with Gasteiger partial charge in [-0.3, -0.25) is 9.69 Å². The normalized spacial score (nSPS) is 18.5. The van der Waals surface area contributed by atoms with Gasteiger partial charge in [0.1, 0.15) is 11.6 Å². The van der Waals surface area contributed by atoms with E-state index in [0.29, 0.717) is 37.6 Å². The number of nitrogens with one attached hydrogen (secondary N) is 1. The topological polar surface area (TPSA) is 154 Å². The lowest BCUT2D eigenvalue weighted by molar-refractivity contribution is -0.140. The number of rotatable bonds is 6. The average Bonchev–Trinajstić information content (AvgIpc) is 3.46. The van der Waals surface area contributed by atoms with E-state index in [9.17, 15) is 39.6 Å². The number of ether oxygens (including phenoxy) is 1. The summed E-state index contributed by atoms with van der Waals surface area (Å²) in [5.74, 6) is -0.322. The first-order valence-corrected chi connectivity index (χ1v) is 17.1. The fourth-order valence-electron chi connectivity index (χ4n) is 5.27. The van der Waals surface area contributed by atoms with Crippen LogP contribution in [0.3, 0.4) is 0 Å². The van der Waals surface area contributed by atoms with E-state index < -0.39 is 65.2 Å². The van der Waals surface area contributed by atoms with Gasteiger partial charge in [0.15, 0.2) is 0 Å². The van der Waals surface area contributed by atoms with E-state index in [2.05, 4.69) is 4.72 Å². The lowest BCUT2D eigenvalue weighted by Crippen LogP contribution is -2.53. The van der Waals surface area contributed by atoms with Crippen molar-refractivity contribution in [3.8, 4) is 6.07 Å². The molecule has 1 atom stereocenters. The number of carbonyl (C=O) groups is 2. The van der Waals surface area contributed by atoms with Crippen molar-refractivity contribution in [2.45, 2.75) is 85.0 Å². The number of piperidine rings is 1. The van der Waals surface area contributed by atoms with E-state index in [1.165, 1.54) is 21.9 Å². The van der Waals surface area contributed by atoms with Crippen molar-refractivity contribution in [3.05, 3.63) is 53.6 Å². The predicted molar refractivity (Wildman–Crippen MR) is 154 cm³/mol. The summed E-state index contributed by atoms with van der Waals surface area (Å²) < 4.78 is 103. The summed E-state index contributed by atoms with van der Waals surface area (Å²) in [7, 11) is -9.39. The Labute approximate surface area is 259 Å². The van der Waals surface area contributed by atoms with E-state index in [1.54, 1.807) is 26.8 Å². The third-order valence-corrected chi connectivity index (χ3v) is 10.7. The molecule has 0 unspecified atom stereocenters. The maximum absolute atomic E-state index is 13.9. The van der Waals surface area contributed by atoms with Gasteiger partial charge in [-0.25, -0.2) is 26.4 Å².